The van der Waals surface area contributed by atoms with Crippen molar-refractivity contribution >= 4 is 36.2 Å². The Bertz CT molecular complexity index is 330. The van der Waals surface area contributed by atoms with E-state index in [0.29, 0.717) is 0 Å². The molecule has 0 radical (unpaired) electrons. The number of rotatable bonds is 6. The summed E-state index contributed by atoms with van der Waals surface area (Å²) in [4.78, 5) is 3.96. The molecule has 112 valence electrons. The van der Waals surface area contributed by atoms with Gasteiger partial charge in [-0.2, -0.15) is 0 Å². The number of thiophene rings is 1. The summed E-state index contributed by atoms with van der Waals surface area (Å²) in [7, 11) is 0. The van der Waals surface area contributed by atoms with E-state index in [1.54, 1.807) is 0 Å². The van der Waals surface area contributed by atoms with Gasteiger partial charge in [0, 0.05) is 24.5 Å². The molecule has 3 nitrogen and oxygen atoms in total. The van der Waals surface area contributed by atoms with Crippen LogP contribution in [0, 0.1) is 6.92 Å². The molecule has 0 spiro atoms. The minimum Gasteiger partial charge on any atom is -0.379 e. The highest BCUT2D eigenvalue weighted by molar-refractivity contribution is 7.10. The van der Waals surface area contributed by atoms with E-state index in [4.69, 9.17) is 4.74 Å². The fourth-order valence-corrected chi connectivity index (χ4v) is 2.92. The normalized spacial score (nSPS) is 15.6. The van der Waals surface area contributed by atoms with Crippen LogP contribution in [-0.4, -0.2) is 44.3 Å². The van der Waals surface area contributed by atoms with Crippen molar-refractivity contribution in [2.45, 2.75) is 19.9 Å². The van der Waals surface area contributed by atoms with Crippen LogP contribution in [-0.2, 0) is 11.3 Å². The van der Waals surface area contributed by atoms with Crippen molar-refractivity contribution in [2.75, 3.05) is 39.4 Å². The standard InChI is InChI=1S/C13H22N2OS.2ClH/c1-12-3-10-17-13(12)11-14-4-2-5-15-6-8-16-9-7-15;;/h3,10,14H,2,4-9,11H2,1H3;2*1H. The molecule has 1 aliphatic heterocycles. The van der Waals surface area contributed by atoms with Gasteiger partial charge >= 0.3 is 0 Å². The molecule has 1 aromatic heterocycles. The van der Waals surface area contributed by atoms with Gasteiger partial charge < -0.3 is 10.1 Å². The number of hydrogen-bond donors (Lipinski definition) is 1. The first kappa shape index (κ1) is 19.2. The molecular weight excluding hydrogens is 303 g/mol. The van der Waals surface area contributed by atoms with Gasteiger partial charge in [0.05, 0.1) is 13.2 Å². The molecule has 1 aromatic rings. The Kier molecular flexibility index (Phi) is 11.0. The maximum absolute atomic E-state index is 5.33. The van der Waals surface area contributed by atoms with Crippen LogP contribution in [0.5, 0.6) is 0 Å². The van der Waals surface area contributed by atoms with E-state index in [9.17, 15) is 0 Å². The van der Waals surface area contributed by atoms with Crippen LogP contribution in [0.15, 0.2) is 11.4 Å². The number of aryl methyl sites for hydroxylation is 1. The van der Waals surface area contributed by atoms with Crippen LogP contribution in [0.2, 0.25) is 0 Å². The summed E-state index contributed by atoms with van der Waals surface area (Å²) in [5.74, 6) is 0. The van der Waals surface area contributed by atoms with Gasteiger partial charge in [-0.1, -0.05) is 0 Å². The Morgan fingerprint density at radius 3 is 2.68 bits per heavy atom. The van der Waals surface area contributed by atoms with E-state index in [2.05, 4.69) is 28.6 Å². The van der Waals surface area contributed by atoms with Gasteiger partial charge in [-0.15, -0.1) is 36.2 Å². The summed E-state index contributed by atoms with van der Waals surface area (Å²) in [6.07, 6.45) is 1.23. The van der Waals surface area contributed by atoms with Gasteiger partial charge in [0.1, 0.15) is 0 Å². The molecule has 1 fully saturated rings. The van der Waals surface area contributed by atoms with Gasteiger partial charge in [0.15, 0.2) is 0 Å². The molecule has 1 N–H and O–H groups in total. The second kappa shape index (κ2) is 10.9. The summed E-state index contributed by atoms with van der Waals surface area (Å²) < 4.78 is 5.33. The largest absolute Gasteiger partial charge is 0.379 e. The van der Waals surface area contributed by atoms with Gasteiger partial charge in [-0.25, -0.2) is 0 Å². The Balaban J connectivity index is 0.00000162. The summed E-state index contributed by atoms with van der Waals surface area (Å²) in [5.41, 5.74) is 1.41. The van der Waals surface area contributed by atoms with Gasteiger partial charge in [-0.3, -0.25) is 4.90 Å². The quantitative estimate of drug-likeness (QED) is 0.813. The SMILES string of the molecule is Cc1ccsc1CNCCCN1CCOCC1.Cl.Cl. The van der Waals surface area contributed by atoms with Crippen molar-refractivity contribution in [3.8, 4) is 0 Å². The van der Waals surface area contributed by atoms with Crippen molar-refractivity contribution in [3.05, 3.63) is 21.9 Å². The first-order chi connectivity index (χ1) is 8.36. The number of nitrogens with one attached hydrogen (secondary N) is 1. The molecule has 0 atom stereocenters. The van der Waals surface area contributed by atoms with Gasteiger partial charge in [0.25, 0.3) is 0 Å². The van der Waals surface area contributed by atoms with Gasteiger partial charge in [0.2, 0.25) is 0 Å². The maximum Gasteiger partial charge on any atom is 0.0594 e. The smallest absolute Gasteiger partial charge is 0.0594 e. The van der Waals surface area contributed by atoms with Crippen molar-refractivity contribution in [2.24, 2.45) is 0 Å². The summed E-state index contributed by atoms with van der Waals surface area (Å²) in [6.45, 7) is 9.51. The lowest BCUT2D eigenvalue weighted by Crippen LogP contribution is -2.37. The van der Waals surface area contributed by atoms with E-state index in [1.165, 1.54) is 23.4 Å². The van der Waals surface area contributed by atoms with E-state index in [0.717, 1.165) is 39.4 Å². The zero-order chi connectivity index (χ0) is 11.9. The van der Waals surface area contributed by atoms with Gasteiger partial charge in [-0.05, 0) is 43.4 Å². The molecule has 0 bridgehead atoms. The Morgan fingerprint density at radius 2 is 2.05 bits per heavy atom. The van der Waals surface area contributed by atoms with Crippen LogP contribution in [0.3, 0.4) is 0 Å². The summed E-state index contributed by atoms with van der Waals surface area (Å²) >= 11 is 1.85. The topological polar surface area (TPSA) is 24.5 Å². The predicted molar refractivity (Wildman–Crippen MR) is 87.1 cm³/mol. The third-order valence-corrected chi connectivity index (χ3v) is 4.21. The number of morpholine rings is 1. The third-order valence-electron chi connectivity index (χ3n) is 3.19. The van der Waals surface area contributed by atoms with Crippen molar-refractivity contribution < 1.29 is 4.74 Å². The van der Waals surface area contributed by atoms with Crippen LogP contribution in [0.4, 0.5) is 0 Å². The highest BCUT2D eigenvalue weighted by atomic mass is 35.5. The number of halogens is 2. The summed E-state index contributed by atoms with van der Waals surface area (Å²) in [6, 6.07) is 2.19. The molecule has 19 heavy (non-hydrogen) atoms. The molecule has 0 saturated carbocycles. The first-order valence-electron chi connectivity index (χ1n) is 6.40. The molecule has 0 amide bonds. The summed E-state index contributed by atoms with van der Waals surface area (Å²) in [5, 5.41) is 5.69. The van der Waals surface area contributed by atoms with Crippen molar-refractivity contribution in [1.29, 1.82) is 0 Å². The molecule has 1 aliphatic rings. The molecule has 1 saturated heterocycles. The van der Waals surface area contributed by atoms with Crippen molar-refractivity contribution in [3.63, 3.8) is 0 Å². The highest BCUT2D eigenvalue weighted by Crippen LogP contribution is 2.14. The fraction of sp³-hybridized carbons (Fsp3) is 0.692. The zero-order valence-corrected chi connectivity index (χ0v) is 13.8. The predicted octanol–water partition coefficient (Wildman–Crippen LogP) is 2.71. The molecule has 2 rings (SSSR count). The monoisotopic (exact) mass is 326 g/mol. The zero-order valence-electron chi connectivity index (χ0n) is 11.4. The lowest BCUT2D eigenvalue weighted by atomic mass is 10.3. The lowest BCUT2D eigenvalue weighted by molar-refractivity contribution is 0.0374. The molecule has 0 aromatic carbocycles. The minimum absolute atomic E-state index is 0. The first-order valence-corrected chi connectivity index (χ1v) is 7.28. The van der Waals surface area contributed by atoms with Crippen LogP contribution in [0.1, 0.15) is 16.9 Å². The Labute approximate surface area is 132 Å². The third kappa shape index (κ3) is 6.93. The number of hydrogen-bond acceptors (Lipinski definition) is 4. The molecular formula is C13H24Cl2N2OS. The molecule has 6 heteroatoms. The second-order valence-electron chi connectivity index (χ2n) is 4.51. The Morgan fingerprint density at radius 1 is 1.32 bits per heavy atom. The highest BCUT2D eigenvalue weighted by Gasteiger charge is 2.08. The van der Waals surface area contributed by atoms with Crippen LogP contribution >= 0.6 is 36.2 Å². The second-order valence-corrected chi connectivity index (χ2v) is 5.51. The average molecular weight is 327 g/mol. The van der Waals surface area contributed by atoms with Crippen LogP contribution in [0.25, 0.3) is 0 Å². The fourth-order valence-electron chi connectivity index (χ4n) is 2.04. The van der Waals surface area contributed by atoms with E-state index >= 15 is 0 Å². The van der Waals surface area contributed by atoms with Crippen LogP contribution < -0.4 is 5.32 Å². The lowest BCUT2D eigenvalue weighted by Gasteiger charge is -2.26. The number of ether oxygens (including phenoxy) is 1. The number of nitrogens with zero attached hydrogens (tertiary/aromatic N) is 1. The molecule has 0 aliphatic carbocycles. The van der Waals surface area contributed by atoms with Crippen molar-refractivity contribution in [1.82, 2.24) is 10.2 Å². The maximum atomic E-state index is 5.33. The van der Waals surface area contributed by atoms with E-state index in [1.807, 2.05) is 11.3 Å². The molecule has 0 unspecified atom stereocenters. The Hall–Kier alpha value is 0.160. The molecule has 2 heterocycles. The minimum atomic E-state index is 0. The average Bonchev–Trinajstić information content (AvgIpc) is 2.76. The van der Waals surface area contributed by atoms with E-state index < -0.39 is 0 Å². The van der Waals surface area contributed by atoms with E-state index in [-0.39, 0.29) is 24.8 Å².